The number of nitrogen functional groups attached to an aromatic ring is 2. The van der Waals surface area contributed by atoms with Gasteiger partial charge in [-0.2, -0.15) is 15.3 Å². The summed E-state index contributed by atoms with van der Waals surface area (Å²) in [5, 5.41) is 40.3. The van der Waals surface area contributed by atoms with Crippen molar-refractivity contribution in [2.24, 2.45) is 0 Å². The lowest BCUT2D eigenvalue weighted by Gasteiger charge is -2.27. The molecular formula is C36H46F2N9O10P. The average molecular weight is 834 g/mol. The monoisotopic (exact) mass is 833 g/mol. The molecule has 0 saturated carbocycles. The van der Waals surface area contributed by atoms with Crippen molar-refractivity contribution in [2.75, 3.05) is 24.7 Å². The Hall–Kier alpha value is -4.86. The smallest absolute Gasteiger partial charge is 0.459 e. The lowest BCUT2D eigenvalue weighted by molar-refractivity contribution is -0.149. The molecule has 5 aromatic rings. The van der Waals surface area contributed by atoms with E-state index in [4.69, 9.17) is 39.8 Å². The van der Waals surface area contributed by atoms with Gasteiger partial charge in [-0.1, -0.05) is 18.2 Å². The molecule has 7 rings (SSSR count). The van der Waals surface area contributed by atoms with E-state index in [0.717, 1.165) is 0 Å². The molecule has 0 radical (unpaired) electrons. The Morgan fingerprint density at radius 1 is 0.879 bits per heavy atom. The van der Waals surface area contributed by atoms with Gasteiger partial charge < -0.3 is 45.5 Å². The molecule has 10 atom stereocenters. The van der Waals surface area contributed by atoms with E-state index in [-0.39, 0.29) is 17.4 Å². The number of aromatic nitrogens is 6. The minimum Gasteiger partial charge on any atom is -0.462 e. The van der Waals surface area contributed by atoms with Crippen LogP contribution in [0, 0.1) is 0 Å². The highest BCUT2D eigenvalue weighted by Gasteiger charge is 2.56. The summed E-state index contributed by atoms with van der Waals surface area (Å²) in [5.41, 5.74) is 10.2. The zero-order valence-corrected chi connectivity index (χ0v) is 33.0. The van der Waals surface area contributed by atoms with Crippen molar-refractivity contribution in [3.63, 3.8) is 0 Å². The Morgan fingerprint density at radius 2 is 1.38 bits per heavy atom. The van der Waals surface area contributed by atoms with Crippen LogP contribution in [0.15, 0.2) is 67.3 Å². The number of nitrogens with zero attached hydrogens (tertiary/aromatic N) is 6. The summed E-state index contributed by atoms with van der Waals surface area (Å²) in [6.45, 7) is 6.78. The van der Waals surface area contributed by atoms with E-state index in [9.17, 15) is 24.0 Å². The molecule has 2 fully saturated rings. The molecule has 19 nitrogen and oxygen atoms in total. The predicted octanol–water partition coefficient (Wildman–Crippen LogP) is 2.37. The number of anilines is 2. The maximum Gasteiger partial charge on any atom is 0.459 e. The molecule has 2 aliphatic heterocycles. The average Bonchev–Trinajstić information content (AvgIpc) is 3.94. The number of alkyl halides is 2. The highest BCUT2D eigenvalue weighted by atomic mass is 31.2. The molecule has 0 spiro atoms. The second kappa shape index (κ2) is 16.8. The number of fused-ring (bicyclic) bond motifs is 2. The number of benzene rings is 1. The Kier molecular flexibility index (Phi) is 12.4. The quantitative estimate of drug-likeness (QED) is 0.0778. The van der Waals surface area contributed by atoms with Crippen LogP contribution < -0.4 is 21.1 Å². The van der Waals surface area contributed by atoms with Gasteiger partial charge in [0.15, 0.2) is 24.0 Å². The zero-order chi connectivity index (χ0) is 42.2. The fourth-order valence-corrected chi connectivity index (χ4v) is 8.27. The number of rotatable bonds is 12. The Bertz CT molecular complexity index is 2270. The van der Waals surface area contributed by atoms with Crippen LogP contribution in [0.3, 0.4) is 0 Å². The number of aliphatic hydroxyl groups excluding tert-OH is 3. The maximum atomic E-state index is 15.5. The molecule has 58 heavy (non-hydrogen) atoms. The zero-order valence-electron chi connectivity index (χ0n) is 32.1. The summed E-state index contributed by atoms with van der Waals surface area (Å²) in [4.78, 5) is 20.1. The third kappa shape index (κ3) is 8.21. The van der Waals surface area contributed by atoms with Gasteiger partial charge in [-0.05, 0) is 71.0 Å². The first-order chi connectivity index (χ1) is 27.4. The van der Waals surface area contributed by atoms with E-state index < -0.39 is 87.0 Å². The number of hydrogen-bond acceptors (Lipinski definition) is 16. The largest absolute Gasteiger partial charge is 0.462 e. The van der Waals surface area contributed by atoms with Gasteiger partial charge in [0.25, 0.3) is 0 Å². The van der Waals surface area contributed by atoms with Gasteiger partial charge in [-0.25, -0.2) is 32.3 Å². The molecule has 22 heteroatoms. The van der Waals surface area contributed by atoms with Gasteiger partial charge in [-0.15, -0.1) is 0 Å². The lowest BCUT2D eigenvalue weighted by atomic mass is 9.94. The van der Waals surface area contributed by atoms with Crippen LogP contribution in [0.5, 0.6) is 5.75 Å². The third-order valence-corrected chi connectivity index (χ3v) is 11.4. The normalized spacial score (nSPS) is 28.6. The van der Waals surface area contributed by atoms with E-state index in [1.54, 1.807) is 68.4 Å². The Morgan fingerprint density at radius 3 is 1.86 bits per heavy atom. The molecule has 4 aromatic heterocycles. The number of carbonyl (C=O) groups excluding carboxylic acids is 1. The first-order valence-corrected chi connectivity index (χ1v) is 19.7. The number of nitrogens with two attached hydrogens (primary N) is 2. The molecule has 6 heterocycles. The van der Waals surface area contributed by atoms with E-state index >= 15 is 4.39 Å². The van der Waals surface area contributed by atoms with E-state index in [1.165, 1.54) is 42.5 Å². The lowest BCUT2D eigenvalue weighted by Crippen LogP contribution is -2.38. The van der Waals surface area contributed by atoms with Crippen molar-refractivity contribution < 1.29 is 56.7 Å². The van der Waals surface area contributed by atoms with Crippen LogP contribution >= 0.6 is 7.75 Å². The summed E-state index contributed by atoms with van der Waals surface area (Å²) in [6, 6.07) is 13.6. The minimum atomic E-state index is -4.25. The highest BCUT2D eigenvalue weighted by molar-refractivity contribution is 7.52. The fraction of sp³-hybridized carbons (Fsp3) is 0.472. The van der Waals surface area contributed by atoms with Crippen LogP contribution in [0.1, 0.15) is 46.0 Å². The number of esters is 1. The number of halogens is 2. The van der Waals surface area contributed by atoms with Gasteiger partial charge >= 0.3 is 13.7 Å². The Balaban J connectivity index is 0.000000237. The molecule has 0 amide bonds. The number of hydrogen-bond donors (Lipinski definition) is 6. The van der Waals surface area contributed by atoms with Gasteiger partial charge in [-0.3, -0.25) is 9.32 Å². The van der Waals surface area contributed by atoms with Crippen molar-refractivity contribution in [2.45, 2.75) is 94.7 Å². The van der Waals surface area contributed by atoms with E-state index in [2.05, 4.69) is 25.3 Å². The number of aliphatic hydroxyl groups is 3. The molecule has 1 aromatic carbocycles. The van der Waals surface area contributed by atoms with E-state index in [0.29, 0.717) is 22.4 Å². The molecule has 2 saturated heterocycles. The maximum absolute atomic E-state index is 15.5. The second-order valence-corrected chi connectivity index (χ2v) is 16.0. The molecule has 8 N–H and O–H groups in total. The van der Waals surface area contributed by atoms with Gasteiger partial charge in [0.2, 0.25) is 0 Å². The van der Waals surface area contributed by atoms with Crippen LogP contribution in [-0.4, -0.2) is 113 Å². The SMILES string of the molecule is CC(C)OC(=O)[C@@H](C)NP(=O)(OC[C@H]1O[C@@](C)(c2ccc3c(N)ncnn23)[C@H](F)[C@@H]1O)Oc1ccccc1.C[C@@]1(c2ccc3c(N)ncnn23)O[C@H](CO)[C@@H](O)[C@H]1F. The fourth-order valence-electron chi connectivity index (χ4n) is 6.77. The predicted molar refractivity (Wildman–Crippen MR) is 203 cm³/mol. The highest BCUT2D eigenvalue weighted by Crippen LogP contribution is 2.48. The summed E-state index contributed by atoms with van der Waals surface area (Å²) in [6.07, 6.45) is -6.74. The van der Waals surface area contributed by atoms with Crippen LogP contribution in [0.2, 0.25) is 0 Å². The van der Waals surface area contributed by atoms with Crippen LogP contribution in [-0.2, 0) is 39.3 Å². The summed E-state index contributed by atoms with van der Waals surface area (Å²) in [5.74, 6) is -0.0115. The van der Waals surface area contributed by atoms with Crippen molar-refractivity contribution in [3.8, 4) is 5.75 Å². The number of ether oxygens (including phenoxy) is 3. The van der Waals surface area contributed by atoms with Gasteiger partial charge in [0.1, 0.15) is 71.1 Å². The van der Waals surface area contributed by atoms with E-state index in [1.807, 2.05) is 0 Å². The molecule has 2 aliphatic rings. The summed E-state index contributed by atoms with van der Waals surface area (Å²) >= 11 is 0. The molecular weight excluding hydrogens is 787 g/mol. The molecule has 1 unspecified atom stereocenters. The third-order valence-electron chi connectivity index (χ3n) is 9.80. The summed E-state index contributed by atoms with van der Waals surface area (Å²) in [7, 11) is -4.25. The molecule has 314 valence electrons. The van der Waals surface area contributed by atoms with Crippen LogP contribution in [0.4, 0.5) is 20.4 Å². The number of carbonyl (C=O) groups is 1. The van der Waals surface area contributed by atoms with Crippen LogP contribution in [0.25, 0.3) is 11.0 Å². The van der Waals surface area contributed by atoms with Crippen molar-refractivity contribution >= 4 is 36.4 Å². The second-order valence-electron chi connectivity index (χ2n) is 14.3. The standard InChI is InChI=1S/C24H31FN5O7P.C12H15FN4O3/c1-14(2)35-23(32)15(3)29-38(33,37-16-8-6-5-7-9-16)34-12-18-20(31)21(25)24(4,36-18)19-11-10-17-22(26)27-13-28-30(17)19;1-12(10(13)9(19)7(4-18)20-12)8-3-2-6-11(14)15-5-16-17(6)8/h5-11,13-15,18,20-21,31H,12H2,1-4H3,(H,29,33)(H2,26,27,28);2-3,5,7,9-10,18-19H,4H2,1H3,(H2,14,15,16)/t15-,18-,20-,21-,24+,38?;7-,9-,10-,12+/m11/s1. The Labute approximate surface area is 330 Å². The minimum absolute atomic E-state index is 0.193. The van der Waals surface area contributed by atoms with Gasteiger partial charge in [0.05, 0.1) is 30.7 Å². The number of para-hydroxylation sites is 1. The van der Waals surface area contributed by atoms with Crippen molar-refractivity contribution in [3.05, 3.63) is 78.6 Å². The van der Waals surface area contributed by atoms with Crippen molar-refractivity contribution in [1.29, 1.82) is 0 Å². The first kappa shape index (κ1) is 42.7. The first-order valence-electron chi connectivity index (χ1n) is 18.2. The topological polar surface area (TPSA) is 265 Å². The summed E-state index contributed by atoms with van der Waals surface area (Å²) < 4.78 is 74.3. The van der Waals surface area contributed by atoms with Gasteiger partial charge in [0, 0.05) is 0 Å². The molecule has 0 aliphatic carbocycles. The van der Waals surface area contributed by atoms with Crippen molar-refractivity contribution in [1.82, 2.24) is 34.3 Å². The number of nitrogens with one attached hydrogen (secondary N) is 1. The molecule has 0 bridgehead atoms.